The smallest absolute Gasteiger partial charge is 0.339 e. The van der Waals surface area contributed by atoms with Gasteiger partial charge in [0.2, 0.25) is 0 Å². The lowest BCUT2D eigenvalue weighted by atomic mass is 10.2. The van der Waals surface area contributed by atoms with Crippen LogP contribution in [0.2, 0.25) is 0 Å². The Labute approximate surface area is 108 Å². The fourth-order valence-corrected chi connectivity index (χ4v) is 0.964. The molecule has 0 bridgehead atoms. The second kappa shape index (κ2) is 8.29. The molecule has 102 valence electrons. The van der Waals surface area contributed by atoms with Crippen LogP contribution in [0.25, 0.3) is 0 Å². The molecule has 19 heavy (non-hydrogen) atoms. The van der Waals surface area contributed by atoms with Crippen LogP contribution in [0.4, 0.5) is 0 Å². The number of benzene rings is 1. The normalized spacial score (nSPS) is 9.32. The van der Waals surface area contributed by atoms with Crippen molar-refractivity contribution in [1.82, 2.24) is 0 Å². The molecule has 0 aliphatic carbocycles. The number of methoxy groups -OCH3 is 1. The predicted molar refractivity (Wildman–Crippen MR) is 64.4 cm³/mol. The second-order valence-electron chi connectivity index (χ2n) is 3.02. The summed E-state index contributed by atoms with van der Waals surface area (Å²) in [6, 6.07) is 6.50. The topological polar surface area (TPSA) is 121 Å². The van der Waals surface area contributed by atoms with E-state index in [0.29, 0.717) is 17.9 Å². The molecule has 0 radical (unpaired) electrons. The van der Waals surface area contributed by atoms with Crippen LogP contribution in [0.3, 0.4) is 0 Å². The Kier molecular flexibility index (Phi) is 7.05. The molecule has 0 fully saturated rings. The molecule has 0 saturated heterocycles. The Hall–Kier alpha value is -2.83. The fourth-order valence-electron chi connectivity index (χ4n) is 0.964. The third-order valence-electron chi connectivity index (χ3n) is 1.71. The van der Waals surface area contributed by atoms with E-state index in [1.807, 2.05) is 0 Å². The molecule has 0 aliphatic rings. The quantitative estimate of drug-likeness (QED) is 0.699. The number of aromatic carboxylic acids is 1. The number of aliphatic carboxylic acids is 2. The molecular formula is C12H12O7. The lowest BCUT2D eigenvalue weighted by Crippen LogP contribution is -1.99. The first-order valence-electron chi connectivity index (χ1n) is 4.88. The molecule has 0 aliphatic heterocycles. The van der Waals surface area contributed by atoms with Crippen molar-refractivity contribution in [2.75, 3.05) is 7.11 Å². The third-order valence-corrected chi connectivity index (χ3v) is 1.71. The number of carboxylic acids is 3. The molecule has 0 aromatic heterocycles. The van der Waals surface area contributed by atoms with Gasteiger partial charge in [-0.15, -0.1) is 0 Å². The van der Waals surface area contributed by atoms with E-state index in [9.17, 15) is 14.4 Å². The Morgan fingerprint density at radius 2 is 1.47 bits per heavy atom. The second-order valence-corrected chi connectivity index (χ2v) is 3.02. The van der Waals surface area contributed by atoms with Crippen LogP contribution < -0.4 is 4.74 Å². The van der Waals surface area contributed by atoms with E-state index in [-0.39, 0.29) is 5.56 Å². The minimum atomic E-state index is -1.26. The van der Waals surface area contributed by atoms with E-state index in [1.165, 1.54) is 13.2 Å². The number of rotatable bonds is 4. The van der Waals surface area contributed by atoms with Crippen molar-refractivity contribution < 1.29 is 34.4 Å². The Bertz CT molecular complexity index is 475. The maximum Gasteiger partial charge on any atom is 0.339 e. The molecule has 1 rings (SSSR count). The van der Waals surface area contributed by atoms with E-state index in [4.69, 9.17) is 20.1 Å². The molecule has 7 heteroatoms. The Morgan fingerprint density at radius 1 is 1.00 bits per heavy atom. The monoisotopic (exact) mass is 268 g/mol. The van der Waals surface area contributed by atoms with Gasteiger partial charge >= 0.3 is 17.9 Å². The summed E-state index contributed by atoms with van der Waals surface area (Å²) in [7, 11) is 1.45. The molecule has 0 unspecified atom stereocenters. The van der Waals surface area contributed by atoms with Gasteiger partial charge in [-0.25, -0.2) is 14.4 Å². The van der Waals surface area contributed by atoms with Gasteiger partial charge in [-0.05, 0) is 12.1 Å². The molecule has 0 heterocycles. The number of carbonyl (C=O) groups is 3. The molecule has 0 spiro atoms. The largest absolute Gasteiger partial charge is 0.496 e. The third kappa shape index (κ3) is 7.16. The number of para-hydroxylation sites is 1. The Morgan fingerprint density at radius 3 is 1.79 bits per heavy atom. The standard InChI is InChI=1S/C8H8O3.C4H4O4/c1-11-7-5-3-2-4-6(7)8(9)10;5-3(6)1-2-4(7)8/h2-5H,1H3,(H,9,10);1-2H,(H,5,6)(H,7,8)/b;2-1+. The van der Waals surface area contributed by atoms with Gasteiger partial charge in [-0.2, -0.15) is 0 Å². The molecule has 0 saturated carbocycles. The minimum Gasteiger partial charge on any atom is -0.496 e. The molecule has 3 N–H and O–H groups in total. The molecule has 0 atom stereocenters. The van der Waals surface area contributed by atoms with E-state index in [0.717, 1.165) is 0 Å². The minimum absolute atomic E-state index is 0.190. The van der Waals surface area contributed by atoms with E-state index in [2.05, 4.69) is 0 Å². The summed E-state index contributed by atoms with van der Waals surface area (Å²) in [5.74, 6) is -3.10. The average Bonchev–Trinajstić information content (AvgIpc) is 2.37. The van der Waals surface area contributed by atoms with Gasteiger partial charge in [0.15, 0.2) is 0 Å². The van der Waals surface area contributed by atoms with Crippen LogP contribution in [-0.2, 0) is 9.59 Å². The van der Waals surface area contributed by atoms with Crippen molar-refractivity contribution in [1.29, 1.82) is 0 Å². The van der Waals surface area contributed by atoms with Crippen LogP contribution in [0.15, 0.2) is 36.4 Å². The van der Waals surface area contributed by atoms with Crippen molar-refractivity contribution in [3.05, 3.63) is 42.0 Å². The highest BCUT2D eigenvalue weighted by molar-refractivity contribution is 5.90. The highest BCUT2D eigenvalue weighted by atomic mass is 16.5. The number of carboxylic acid groups (broad SMARTS) is 3. The first kappa shape index (κ1) is 16.2. The summed E-state index contributed by atoms with van der Waals surface area (Å²) in [5.41, 5.74) is 0.190. The van der Waals surface area contributed by atoms with E-state index >= 15 is 0 Å². The van der Waals surface area contributed by atoms with Crippen LogP contribution in [0.5, 0.6) is 5.75 Å². The predicted octanol–water partition coefficient (Wildman–Crippen LogP) is 1.11. The molecule has 0 amide bonds. The van der Waals surface area contributed by atoms with Gasteiger partial charge < -0.3 is 20.1 Å². The molecule has 1 aromatic carbocycles. The highest BCUT2D eigenvalue weighted by Gasteiger charge is 2.07. The summed E-state index contributed by atoms with van der Waals surface area (Å²) < 4.78 is 4.83. The van der Waals surface area contributed by atoms with Crippen LogP contribution in [0.1, 0.15) is 10.4 Å². The number of hydrogen-bond acceptors (Lipinski definition) is 4. The highest BCUT2D eigenvalue weighted by Crippen LogP contribution is 2.16. The zero-order valence-electron chi connectivity index (χ0n) is 9.94. The van der Waals surface area contributed by atoms with Gasteiger partial charge in [-0.3, -0.25) is 0 Å². The summed E-state index contributed by atoms with van der Waals surface area (Å²) >= 11 is 0. The van der Waals surface area contributed by atoms with Crippen molar-refractivity contribution >= 4 is 17.9 Å². The van der Waals surface area contributed by atoms with Gasteiger partial charge in [0.1, 0.15) is 11.3 Å². The van der Waals surface area contributed by atoms with Crippen molar-refractivity contribution in [3.63, 3.8) is 0 Å². The number of hydrogen-bond donors (Lipinski definition) is 3. The Balaban J connectivity index is 0.000000362. The van der Waals surface area contributed by atoms with Gasteiger partial charge in [0, 0.05) is 12.2 Å². The first-order valence-corrected chi connectivity index (χ1v) is 4.88. The summed E-state index contributed by atoms with van der Waals surface area (Å²) in [4.78, 5) is 29.6. The summed E-state index contributed by atoms with van der Waals surface area (Å²) in [6.07, 6.45) is 1.12. The summed E-state index contributed by atoms with van der Waals surface area (Å²) in [6.45, 7) is 0. The average molecular weight is 268 g/mol. The SMILES string of the molecule is COc1ccccc1C(=O)O.O=C(O)/C=C/C(=O)O. The van der Waals surface area contributed by atoms with Crippen LogP contribution in [0, 0.1) is 0 Å². The van der Waals surface area contributed by atoms with Crippen molar-refractivity contribution in [3.8, 4) is 5.75 Å². The van der Waals surface area contributed by atoms with Crippen LogP contribution in [-0.4, -0.2) is 40.3 Å². The lowest BCUT2D eigenvalue weighted by molar-refractivity contribution is -0.134. The zero-order chi connectivity index (χ0) is 14.8. The van der Waals surface area contributed by atoms with Gasteiger partial charge in [-0.1, -0.05) is 12.1 Å². The maximum absolute atomic E-state index is 10.5. The lowest BCUT2D eigenvalue weighted by Gasteiger charge is -2.01. The molecule has 7 nitrogen and oxygen atoms in total. The zero-order valence-corrected chi connectivity index (χ0v) is 9.94. The molecule has 1 aromatic rings. The van der Waals surface area contributed by atoms with Crippen molar-refractivity contribution in [2.45, 2.75) is 0 Å². The molecular weight excluding hydrogens is 256 g/mol. The van der Waals surface area contributed by atoms with Crippen molar-refractivity contribution in [2.24, 2.45) is 0 Å². The van der Waals surface area contributed by atoms with E-state index < -0.39 is 17.9 Å². The van der Waals surface area contributed by atoms with Gasteiger partial charge in [0.25, 0.3) is 0 Å². The van der Waals surface area contributed by atoms with Crippen LogP contribution >= 0.6 is 0 Å². The first-order chi connectivity index (χ1) is 8.88. The number of ether oxygens (including phenoxy) is 1. The maximum atomic E-state index is 10.5. The summed E-state index contributed by atoms with van der Waals surface area (Å²) in [5, 5.41) is 24.2. The van der Waals surface area contributed by atoms with Gasteiger partial charge in [0.05, 0.1) is 7.11 Å². The van der Waals surface area contributed by atoms with E-state index in [1.54, 1.807) is 18.2 Å². The fraction of sp³-hybridized carbons (Fsp3) is 0.0833.